The van der Waals surface area contributed by atoms with E-state index in [-0.39, 0.29) is 12.4 Å². The van der Waals surface area contributed by atoms with Gasteiger partial charge in [0.05, 0.1) is 0 Å². The van der Waals surface area contributed by atoms with Crippen molar-refractivity contribution >= 4 is 23.7 Å². The number of alkyl carbamates (subject to hydrolysis) is 1. The van der Waals surface area contributed by atoms with Crippen LogP contribution in [0.5, 0.6) is 5.75 Å². The molecule has 0 heterocycles. The van der Waals surface area contributed by atoms with Crippen LogP contribution in [0.3, 0.4) is 0 Å². The van der Waals surface area contributed by atoms with Crippen molar-refractivity contribution in [1.82, 2.24) is 5.32 Å². The van der Waals surface area contributed by atoms with Crippen LogP contribution >= 0.6 is 11.6 Å². The van der Waals surface area contributed by atoms with Crippen LogP contribution in [0.15, 0.2) is 24.3 Å². The summed E-state index contributed by atoms with van der Waals surface area (Å²) in [6.45, 7) is 5.72. The Labute approximate surface area is 129 Å². The van der Waals surface area contributed by atoms with E-state index in [1.165, 1.54) is 0 Å². The Kier molecular flexibility index (Phi) is 6.49. The highest BCUT2D eigenvalue weighted by molar-refractivity contribution is 6.30. The molecule has 1 N–H and O–H groups in total. The van der Waals surface area contributed by atoms with E-state index in [0.29, 0.717) is 23.7 Å². The van der Waals surface area contributed by atoms with E-state index >= 15 is 0 Å². The van der Waals surface area contributed by atoms with Gasteiger partial charge >= 0.3 is 12.1 Å². The van der Waals surface area contributed by atoms with Gasteiger partial charge in [0.2, 0.25) is 0 Å². The van der Waals surface area contributed by atoms with Crippen LogP contribution < -0.4 is 10.1 Å². The summed E-state index contributed by atoms with van der Waals surface area (Å²) >= 11 is 5.73. The van der Waals surface area contributed by atoms with Gasteiger partial charge in [0.25, 0.3) is 0 Å². The van der Waals surface area contributed by atoms with E-state index in [4.69, 9.17) is 21.1 Å². The summed E-state index contributed by atoms with van der Waals surface area (Å²) in [5.74, 6) is 0.0906. The summed E-state index contributed by atoms with van der Waals surface area (Å²) in [7, 11) is 0. The lowest BCUT2D eigenvalue weighted by molar-refractivity contribution is -0.134. The predicted octanol–water partition coefficient (Wildman–Crippen LogP) is 3.55. The van der Waals surface area contributed by atoms with Crippen molar-refractivity contribution < 1.29 is 19.1 Å². The Balaban J connectivity index is 2.19. The largest absolute Gasteiger partial charge is 0.444 e. The third-order valence-electron chi connectivity index (χ3n) is 2.27. The van der Waals surface area contributed by atoms with Gasteiger partial charge in [0.1, 0.15) is 11.4 Å². The summed E-state index contributed by atoms with van der Waals surface area (Å²) in [5, 5.41) is 3.16. The number of rotatable bonds is 5. The molecule has 1 amide bonds. The third-order valence-corrected chi connectivity index (χ3v) is 2.52. The molecule has 1 rings (SSSR count). The lowest BCUT2D eigenvalue weighted by Crippen LogP contribution is -2.33. The number of amides is 1. The molecule has 5 nitrogen and oxygen atoms in total. The van der Waals surface area contributed by atoms with Gasteiger partial charge in [-0.1, -0.05) is 11.6 Å². The number of hydrogen-bond donors (Lipinski definition) is 1. The van der Waals surface area contributed by atoms with E-state index in [9.17, 15) is 9.59 Å². The first-order valence-corrected chi connectivity index (χ1v) is 7.07. The number of carbonyl (C=O) groups is 2. The molecule has 21 heavy (non-hydrogen) atoms. The van der Waals surface area contributed by atoms with E-state index in [1.54, 1.807) is 45.0 Å². The average molecular weight is 314 g/mol. The summed E-state index contributed by atoms with van der Waals surface area (Å²) in [4.78, 5) is 22.9. The number of ether oxygens (including phenoxy) is 2. The van der Waals surface area contributed by atoms with Crippen molar-refractivity contribution in [2.75, 3.05) is 6.54 Å². The molecule has 0 aliphatic heterocycles. The van der Waals surface area contributed by atoms with Gasteiger partial charge in [0.15, 0.2) is 0 Å². The topological polar surface area (TPSA) is 64.6 Å². The van der Waals surface area contributed by atoms with Gasteiger partial charge < -0.3 is 14.8 Å². The molecular weight excluding hydrogens is 294 g/mol. The van der Waals surface area contributed by atoms with Crippen molar-refractivity contribution in [2.24, 2.45) is 0 Å². The summed E-state index contributed by atoms with van der Waals surface area (Å²) in [6.07, 6.45) is 0.193. The standard InChI is InChI=1S/C15H20ClNO4/c1-15(2,3)21-14(19)17-10-4-5-13(18)20-12-8-6-11(16)7-9-12/h6-9H,4-5,10H2,1-3H3,(H,17,19). The molecule has 0 unspecified atom stereocenters. The molecule has 1 aromatic carbocycles. The summed E-state index contributed by atoms with van der Waals surface area (Å²) in [5.41, 5.74) is -0.530. The number of carbonyl (C=O) groups excluding carboxylic acids is 2. The number of halogens is 1. The summed E-state index contributed by atoms with van der Waals surface area (Å²) < 4.78 is 10.2. The van der Waals surface area contributed by atoms with Crippen LogP contribution in [0.25, 0.3) is 0 Å². The van der Waals surface area contributed by atoms with Crippen molar-refractivity contribution in [2.45, 2.75) is 39.2 Å². The normalized spacial score (nSPS) is 10.9. The van der Waals surface area contributed by atoms with Crippen LogP contribution in [0.1, 0.15) is 33.6 Å². The molecule has 0 fully saturated rings. The highest BCUT2D eigenvalue weighted by atomic mass is 35.5. The molecule has 0 spiro atoms. The Morgan fingerprint density at radius 2 is 1.81 bits per heavy atom. The highest BCUT2D eigenvalue weighted by Gasteiger charge is 2.15. The molecule has 116 valence electrons. The van der Waals surface area contributed by atoms with Gasteiger partial charge in [-0.15, -0.1) is 0 Å². The second-order valence-corrected chi connectivity index (χ2v) is 5.90. The number of hydrogen-bond acceptors (Lipinski definition) is 4. The van der Waals surface area contributed by atoms with Crippen molar-refractivity contribution in [3.63, 3.8) is 0 Å². The molecule has 0 aliphatic carbocycles. The van der Waals surface area contributed by atoms with Gasteiger partial charge in [0, 0.05) is 18.0 Å². The van der Waals surface area contributed by atoms with Gasteiger partial charge in [-0.25, -0.2) is 4.79 Å². The molecule has 0 radical (unpaired) electrons. The second-order valence-electron chi connectivity index (χ2n) is 5.46. The van der Waals surface area contributed by atoms with Crippen molar-refractivity contribution in [3.8, 4) is 5.75 Å². The minimum atomic E-state index is -0.530. The van der Waals surface area contributed by atoms with Crippen LogP contribution in [-0.2, 0) is 9.53 Å². The van der Waals surface area contributed by atoms with Gasteiger partial charge in [-0.3, -0.25) is 4.79 Å². The first-order chi connectivity index (χ1) is 9.76. The van der Waals surface area contributed by atoms with Crippen LogP contribution in [0.2, 0.25) is 5.02 Å². The zero-order valence-electron chi connectivity index (χ0n) is 12.4. The maximum atomic E-state index is 11.6. The zero-order chi connectivity index (χ0) is 15.9. The van der Waals surface area contributed by atoms with Gasteiger partial charge in [-0.2, -0.15) is 0 Å². The van der Waals surface area contributed by atoms with Crippen LogP contribution in [-0.4, -0.2) is 24.2 Å². The molecule has 6 heteroatoms. The Hall–Kier alpha value is -1.75. The first kappa shape index (κ1) is 17.3. The predicted molar refractivity (Wildman–Crippen MR) is 80.6 cm³/mol. The maximum Gasteiger partial charge on any atom is 0.407 e. The molecule has 0 atom stereocenters. The quantitative estimate of drug-likeness (QED) is 0.513. The number of benzene rings is 1. The van der Waals surface area contributed by atoms with E-state index in [0.717, 1.165) is 0 Å². The average Bonchev–Trinajstić information content (AvgIpc) is 2.35. The first-order valence-electron chi connectivity index (χ1n) is 6.69. The van der Waals surface area contributed by atoms with E-state index in [1.807, 2.05) is 0 Å². The fraction of sp³-hybridized carbons (Fsp3) is 0.467. The molecule has 0 saturated carbocycles. The minimum Gasteiger partial charge on any atom is -0.444 e. The molecule has 1 aromatic rings. The summed E-state index contributed by atoms with van der Waals surface area (Å²) in [6, 6.07) is 6.54. The minimum absolute atomic E-state index is 0.207. The fourth-order valence-electron chi connectivity index (χ4n) is 1.42. The number of esters is 1. The smallest absolute Gasteiger partial charge is 0.407 e. The number of nitrogens with one attached hydrogen (secondary N) is 1. The zero-order valence-corrected chi connectivity index (χ0v) is 13.2. The lowest BCUT2D eigenvalue weighted by atomic mass is 10.2. The fourth-order valence-corrected chi connectivity index (χ4v) is 1.55. The highest BCUT2D eigenvalue weighted by Crippen LogP contribution is 2.16. The monoisotopic (exact) mass is 313 g/mol. The Morgan fingerprint density at radius 1 is 1.19 bits per heavy atom. The van der Waals surface area contributed by atoms with Crippen molar-refractivity contribution in [3.05, 3.63) is 29.3 Å². The third kappa shape index (κ3) is 8.19. The maximum absolute atomic E-state index is 11.6. The van der Waals surface area contributed by atoms with E-state index < -0.39 is 11.7 Å². The SMILES string of the molecule is CC(C)(C)OC(=O)NCCCC(=O)Oc1ccc(Cl)cc1. The van der Waals surface area contributed by atoms with Crippen molar-refractivity contribution in [1.29, 1.82) is 0 Å². The molecule has 0 aliphatic rings. The molecule has 0 aromatic heterocycles. The van der Waals surface area contributed by atoms with Crippen LogP contribution in [0.4, 0.5) is 4.79 Å². The van der Waals surface area contributed by atoms with E-state index in [2.05, 4.69) is 5.32 Å². The van der Waals surface area contributed by atoms with Crippen LogP contribution in [0, 0.1) is 0 Å². The molecular formula is C15H20ClNO4. The lowest BCUT2D eigenvalue weighted by Gasteiger charge is -2.19. The second kappa shape index (κ2) is 7.88. The Morgan fingerprint density at radius 3 is 2.38 bits per heavy atom. The Bertz CT molecular complexity index is 479. The molecule has 0 bridgehead atoms. The molecule has 0 saturated heterocycles. The van der Waals surface area contributed by atoms with Gasteiger partial charge in [-0.05, 0) is 51.5 Å².